The lowest BCUT2D eigenvalue weighted by Gasteiger charge is -2.03. The summed E-state index contributed by atoms with van der Waals surface area (Å²) in [7, 11) is 0. The summed E-state index contributed by atoms with van der Waals surface area (Å²) >= 11 is 12.0. The standard InChI is InChI=1S/C17H15Cl2NO2/c1-2-10-22-17(21)12-6-8-14(9-7-12)20-11-13-4-3-5-15(18)16(13)19/h3-9,11H,2,10H2,1H3. The Morgan fingerprint density at radius 1 is 1.18 bits per heavy atom. The minimum absolute atomic E-state index is 0.324. The number of carbonyl (C=O) groups excluding carboxylic acids is 1. The van der Waals surface area contributed by atoms with E-state index in [0.29, 0.717) is 27.9 Å². The van der Waals surface area contributed by atoms with E-state index >= 15 is 0 Å². The lowest BCUT2D eigenvalue weighted by atomic mass is 10.2. The maximum Gasteiger partial charge on any atom is 0.338 e. The quantitative estimate of drug-likeness (QED) is 0.548. The van der Waals surface area contributed by atoms with Gasteiger partial charge in [0.25, 0.3) is 0 Å². The van der Waals surface area contributed by atoms with Gasteiger partial charge in [0.05, 0.1) is 27.9 Å². The molecule has 2 rings (SSSR count). The number of esters is 1. The van der Waals surface area contributed by atoms with Crippen LogP contribution in [0.25, 0.3) is 0 Å². The van der Waals surface area contributed by atoms with E-state index in [1.165, 1.54) is 0 Å². The summed E-state index contributed by atoms with van der Waals surface area (Å²) in [4.78, 5) is 16.0. The van der Waals surface area contributed by atoms with Crippen LogP contribution in [0.1, 0.15) is 29.3 Å². The van der Waals surface area contributed by atoms with Crippen LogP contribution in [-0.2, 0) is 4.74 Å². The molecule has 0 atom stereocenters. The Morgan fingerprint density at radius 2 is 1.91 bits per heavy atom. The second-order valence-electron chi connectivity index (χ2n) is 4.58. The molecule has 0 heterocycles. The fourth-order valence-corrected chi connectivity index (χ4v) is 2.08. The predicted molar refractivity (Wildman–Crippen MR) is 90.7 cm³/mol. The van der Waals surface area contributed by atoms with Gasteiger partial charge in [0, 0.05) is 11.8 Å². The van der Waals surface area contributed by atoms with Gasteiger partial charge in [-0.3, -0.25) is 4.99 Å². The minimum Gasteiger partial charge on any atom is -0.462 e. The summed E-state index contributed by atoms with van der Waals surface area (Å²) in [5, 5.41) is 0.951. The number of carbonyl (C=O) groups is 1. The highest BCUT2D eigenvalue weighted by Crippen LogP contribution is 2.25. The van der Waals surface area contributed by atoms with Gasteiger partial charge in [0.2, 0.25) is 0 Å². The molecule has 0 fully saturated rings. The largest absolute Gasteiger partial charge is 0.462 e. The highest BCUT2D eigenvalue weighted by Gasteiger charge is 2.06. The molecular weight excluding hydrogens is 321 g/mol. The van der Waals surface area contributed by atoms with E-state index in [-0.39, 0.29) is 5.97 Å². The van der Waals surface area contributed by atoms with Crippen molar-refractivity contribution in [1.29, 1.82) is 0 Å². The van der Waals surface area contributed by atoms with Crippen LogP contribution in [0.15, 0.2) is 47.5 Å². The first-order valence-corrected chi connectivity index (χ1v) is 7.62. The molecule has 0 aromatic heterocycles. The molecule has 3 nitrogen and oxygen atoms in total. The third-order valence-electron chi connectivity index (χ3n) is 2.87. The summed E-state index contributed by atoms with van der Waals surface area (Å²) in [6, 6.07) is 12.2. The Bertz CT molecular complexity index is 682. The maximum absolute atomic E-state index is 11.7. The molecule has 0 spiro atoms. The fraction of sp³-hybridized carbons (Fsp3) is 0.176. The Hall–Kier alpha value is -1.84. The van der Waals surface area contributed by atoms with Gasteiger partial charge in [-0.2, -0.15) is 0 Å². The summed E-state index contributed by atoms with van der Waals surface area (Å²) in [6.07, 6.45) is 2.44. The van der Waals surface area contributed by atoms with E-state index in [2.05, 4.69) is 4.99 Å². The Labute approximate surface area is 139 Å². The number of aliphatic imine (C=N–C) groups is 1. The van der Waals surface area contributed by atoms with Gasteiger partial charge in [-0.1, -0.05) is 42.3 Å². The SMILES string of the molecule is CCCOC(=O)c1ccc(N=Cc2cccc(Cl)c2Cl)cc1. The van der Waals surface area contributed by atoms with Gasteiger partial charge in [0.15, 0.2) is 0 Å². The summed E-state index contributed by atoms with van der Waals surface area (Å²) < 4.78 is 5.07. The van der Waals surface area contributed by atoms with E-state index in [1.54, 1.807) is 36.5 Å². The first-order chi connectivity index (χ1) is 10.6. The number of hydrogen-bond acceptors (Lipinski definition) is 3. The molecule has 0 unspecified atom stereocenters. The molecule has 0 saturated carbocycles. The predicted octanol–water partition coefficient (Wildman–Crippen LogP) is 5.31. The summed E-state index contributed by atoms with van der Waals surface area (Å²) in [6.45, 7) is 2.37. The van der Waals surface area contributed by atoms with Crippen LogP contribution in [-0.4, -0.2) is 18.8 Å². The van der Waals surface area contributed by atoms with Crippen LogP contribution in [0, 0.1) is 0 Å². The number of benzene rings is 2. The van der Waals surface area contributed by atoms with Crippen molar-refractivity contribution in [2.24, 2.45) is 4.99 Å². The van der Waals surface area contributed by atoms with Gasteiger partial charge in [-0.05, 0) is 36.8 Å². The molecule has 0 amide bonds. The van der Waals surface area contributed by atoms with Crippen molar-refractivity contribution in [3.05, 3.63) is 63.6 Å². The zero-order chi connectivity index (χ0) is 15.9. The number of ether oxygens (including phenoxy) is 1. The molecule has 0 bridgehead atoms. The number of halogens is 2. The average molecular weight is 336 g/mol. The van der Waals surface area contributed by atoms with Gasteiger partial charge in [0.1, 0.15) is 0 Å². The highest BCUT2D eigenvalue weighted by molar-refractivity contribution is 6.43. The Kier molecular flexibility index (Phi) is 5.99. The zero-order valence-corrected chi connectivity index (χ0v) is 13.6. The van der Waals surface area contributed by atoms with Gasteiger partial charge >= 0.3 is 5.97 Å². The second-order valence-corrected chi connectivity index (χ2v) is 5.37. The van der Waals surface area contributed by atoms with Crippen LogP contribution in [0.5, 0.6) is 0 Å². The van der Waals surface area contributed by atoms with E-state index in [1.807, 2.05) is 19.1 Å². The van der Waals surface area contributed by atoms with Crippen molar-refractivity contribution < 1.29 is 9.53 Å². The molecule has 114 valence electrons. The number of nitrogens with zero attached hydrogens (tertiary/aromatic N) is 1. The fourth-order valence-electron chi connectivity index (χ4n) is 1.73. The van der Waals surface area contributed by atoms with Gasteiger partial charge < -0.3 is 4.74 Å². The van der Waals surface area contributed by atoms with E-state index < -0.39 is 0 Å². The van der Waals surface area contributed by atoms with Crippen LogP contribution < -0.4 is 0 Å². The third-order valence-corrected chi connectivity index (χ3v) is 3.71. The summed E-state index contributed by atoms with van der Waals surface area (Å²) in [5.74, 6) is -0.324. The first-order valence-electron chi connectivity index (χ1n) is 6.87. The smallest absolute Gasteiger partial charge is 0.338 e. The van der Waals surface area contributed by atoms with Crippen LogP contribution in [0.2, 0.25) is 10.0 Å². The van der Waals surface area contributed by atoms with Crippen molar-refractivity contribution in [1.82, 2.24) is 0 Å². The first kappa shape index (κ1) is 16.5. The lowest BCUT2D eigenvalue weighted by molar-refractivity contribution is 0.0505. The van der Waals surface area contributed by atoms with Crippen molar-refractivity contribution in [2.45, 2.75) is 13.3 Å². The number of hydrogen-bond donors (Lipinski definition) is 0. The Balaban J connectivity index is 2.09. The van der Waals surface area contributed by atoms with Gasteiger partial charge in [-0.15, -0.1) is 0 Å². The molecule has 0 aliphatic carbocycles. The minimum atomic E-state index is -0.324. The third kappa shape index (κ3) is 4.33. The zero-order valence-electron chi connectivity index (χ0n) is 12.1. The molecule has 2 aromatic rings. The number of rotatable bonds is 5. The highest BCUT2D eigenvalue weighted by atomic mass is 35.5. The molecule has 22 heavy (non-hydrogen) atoms. The molecule has 0 radical (unpaired) electrons. The van der Waals surface area contributed by atoms with Crippen molar-refractivity contribution >= 4 is 41.1 Å². The van der Waals surface area contributed by atoms with E-state index in [9.17, 15) is 4.79 Å². The maximum atomic E-state index is 11.7. The van der Waals surface area contributed by atoms with E-state index in [0.717, 1.165) is 12.0 Å². The molecular formula is C17H15Cl2NO2. The average Bonchev–Trinajstić information content (AvgIpc) is 2.54. The van der Waals surface area contributed by atoms with Crippen molar-refractivity contribution in [3.63, 3.8) is 0 Å². The van der Waals surface area contributed by atoms with Crippen LogP contribution >= 0.6 is 23.2 Å². The van der Waals surface area contributed by atoms with Crippen LogP contribution in [0.4, 0.5) is 5.69 Å². The molecule has 2 aromatic carbocycles. The molecule has 0 aliphatic heterocycles. The van der Waals surface area contributed by atoms with Crippen molar-refractivity contribution in [2.75, 3.05) is 6.61 Å². The second kappa shape index (κ2) is 7.97. The molecule has 0 saturated heterocycles. The lowest BCUT2D eigenvalue weighted by Crippen LogP contribution is -2.05. The normalized spacial score (nSPS) is 10.9. The van der Waals surface area contributed by atoms with Crippen LogP contribution in [0.3, 0.4) is 0 Å². The van der Waals surface area contributed by atoms with E-state index in [4.69, 9.17) is 27.9 Å². The molecule has 0 N–H and O–H groups in total. The van der Waals surface area contributed by atoms with Gasteiger partial charge in [-0.25, -0.2) is 4.79 Å². The van der Waals surface area contributed by atoms with Crippen molar-refractivity contribution in [3.8, 4) is 0 Å². The molecule has 0 aliphatic rings. The Morgan fingerprint density at radius 3 is 2.59 bits per heavy atom. The topological polar surface area (TPSA) is 38.7 Å². The molecule has 5 heteroatoms. The monoisotopic (exact) mass is 335 g/mol. The summed E-state index contributed by atoms with van der Waals surface area (Å²) in [5.41, 5.74) is 1.96.